The average Bonchev–Trinajstić information content (AvgIpc) is 3.14. The van der Waals surface area contributed by atoms with E-state index < -0.39 is 7.92 Å². The second-order valence-electron chi connectivity index (χ2n) is 11.0. The molecule has 0 nitrogen and oxygen atoms in total. The molecular weight excluding hydrogens is 559 g/mol. The van der Waals surface area contributed by atoms with Crippen LogP contribution in [0.3, 0.4) is 0 Å². The molecule has 0 N–H and O–H groups in total. The predicted octanol–water partition coefficient (Wildman–Crippen LogP) is 11.3. The van der Waals surface area contributed by atoms with Gasteiger partial charge in [-0.3, -0.25) is 0 Å². The van der Waals surface area contributed by atoms with E-state index in [0.717, 1.165) is 0 Å². The number of benzene rings is 8. The minimum absolute atomic E-state index is 0.602. The Hall–Kier alpha value is -5.03. The van der Waals surface area contributed by atoms with Crippen molar-refractivity contribution in [2.75, 3.05) is 0 Å². The summed E-state index contributed by atoms with van der Waals surface area (Å²) in [5, 5.41) is 12.0. The van der Waals surface area contributed by atoms with Crippen molar-refractivity contribution in [1.82, 2.24) is 0 Å². The van der Waals surface area contributed by atoms with Gasteiger partial charge in [-0.25, -0.2) is 0 Å². The Kier molecular flexibility index (Phi) is 8.24. The van der Waals surface area contributed by atoms with Gasteiger partial charge in [0.25, 0.3) is 0 Å². The molecule has 8 rings (SSSR count). The summed E-state index contributed by atoms with van der Waals surface area (Å²) in [6, 6.07) is 64.4. The first-order chi connectivity index (χ1) is 22.3. The SMILES string of the molecule is CC.c1ccc(P(c2ccccc2)c2ccc(-c3ccc(-c4ccc5c6ccccc6c6ccccc6c5c4)cc3)cc2)cc1. The average molecular weight is 595 g/mol. The Labute approximate surface area is 267 Å². The molecule has 0 aliphatic heterocycles. The lowest BCUT2D eigenvalue weighted by Crippen LogP contribution is -2.20. The topological polar surface area (TPSA) is 0 Å². The van der Waals surface area contributed by atoms with Crippen LogP contribution in [-0.2, 0) is 0 Å². The van der Waals surface area contributed by atoms with Gasteiger partial charge in [-0.15, -0.1) is 0 Å². The van der Waals surface area contributed by atoms with Crippen molar-refractivity contribution < 1.29 is 0 Å². The van der Waals surface area contributed by atoms with E-state index in [1.807, 2.05) is 13.8 Å². The van der Waals surface area contributed by atoms with Gasteiger partial charge in [0.2, 0.25) is 0 Å². The van der Waals surface area contributed by atoms with Gasteiger partial charge in [0, 0.05) is 0 Å². The third kappa shape index (κ3) is 5.55. The van der Waals surface area contributed by atoms with Crippen LogP contribution in [0.25, 0.3) is 54.6 Å². The van der Waals surface area contributed by atoms with Crippen LogP contribution < -0.4 is 15.9 Å². The van der Waals surface area contributed by atoms with Crippen LogP contribution in [0, 0.1) is 0 Å². The number of hydrogen-bond acceptors (Lipinski definition) is 0. The first-order valence-corrected chi connectivity index (χ1v) is 17.1. The van der Waals surface area contributed by atoms with Crippen LogP contribution in [0.4, 0.5) is 0 Å². The third-order valence-electron chi connectivity index (χ3n) is 8.45. The largest absolute Gasteiger partial charge is 0.0683 e. The molecule has 0 heterocycles. The highest BCUT2D eigenvalue weighted by Gasteiger charge is 2.16. The molecule has 0 aliphatic carbocycles. The van der Waals surface area contributed by atoms with E-state index in [1.54, 1.807) is 0 Å². The molecule has 0 amide bonds. The maximum absolute atomic E-state index is 2.36. The van der Waals surface area contributed by atoms with Crippen molar-refractivity contribution >= 4 is 56.2 Å². The number of rotatable bonds is 5. The van der Waals surface area contributed by atoms with Crippen LogP contribution in [0.1, 0.15) is 13.8 Å². The van der Waals surface area contributed by atoms with E-state index in [2.05, 4.69) is 176 Å². The van der Waals surface area contributed by atoms with Crippen LogP contribution in [0.2, 0.25) is 0 Å². The maximum Gasteiger partial charge on any atom is -0.00928 e. The zero-order chi connectivity index (χ0) is 30.6. The molecule has 0 unspecified atom stereocenters. The summed E-state index contributed by atoms with van der Waals surface area (Å²) < 4.78 is 0. The Balaban J connectivity index is 0.00000160. The fraction of sp³-hybridized carbons (Fsp3) is 0.0455. The molecule has 0 bridgehead atoms. The molecule has 0 aromatic heterocycles. The highest BCUT2D eigenvalue weighted by atomic mass is 31.1. The Morgan fingerprint density at radius 2 is 0.578 bits per heavy atom. The van der Waals surface area contributed by atoms with E-state index in [1.165, 1.54) is 70.5 Å². The molecule has 8 aromatic rings. The van der Waals surface area contributed by atoms with Crippen molar-refractivity contribution in [3.8, 4) is 22.3 Å². The second-order valence-corrected chi connectivity index (χ2v) is 13.2. The smallest absolute Gasteiger partial charge is 0.00928 e. The summed E-state index contributed by atoms with van der Waals surface area (Å²) in [6.45, 7) is 4.00. The second kappa shape index (κ2) is 12.9. The van der Waals surface area contributed by atoms with Crippen molar-refractivity contribution in [2.45, 2.75) is 13.8 Å². The summed E-state index contributed by atoms with van der Waals surface area (Å²) in [5.74, 6) is 0. The van der Waals surface area contributed by atoms with Gasteiger partial charge in [0.1, 0.15) is 0 Å². The summed E-state index contributed by atoms with van der Waals surface area (Å²) in [4.78, 5) is 0. The third-order valence-corrected chi connectivity index (χ3v) is 10.9. The minimum atomic E-state index is -0.602. The fourth-order valence-corrected chi connectivity index (χ4v) is 8.63. The van der Waals surface area contributed by atoms with Gasteiger partial charge in [-0.05, 0) is 84.5 Å². The molecule has 45 heavy (non-hydrogen) atoms. The van der Waals surface area contributed by atoms with Gasteiger partial charge in [-0.1, -0.05) is 184 Å². The monoisotopic (exact) mass is 594 g/mol. The zero-order valence-electron chi connectivity index (χ0n) is 25.7. The Morgan fingerprint density at radius 3 is 1.04 bits per heavy atom. The number of fused-ring (bicyclic) bond motifs is 6. The maximum atomic E-state index is 2.36. The first-order valence-electron chi connectivity index (χ1n) is 15.8. The molecule has 0 fully saturated rings. The van der Waals surface area contributed by atoms with Gasteiger partial charge in [0.15, 0.2) is 0 Å². The van der Waals surface area contributed by atoms with Crippen molar-refractivity contribution in [3.05, 3.63) is 176 Å². The van der Waals surface area contributed by atoms with Crippen LogP contribution in [-0.4, -0.2) is 0 Å². The first kappa shape index (κ1) is 28.7. The van der Waals surface area contributed by atoms with E-state index in [9.17, 15) is 0 Å². The Morgan fingerprint density at radius 1 is 0.267 bits per heavy atom. The molecule has 0 saturated heterocycles. The van der Waals surface area contributed by atoms with Crippen LogP contribution in [0.15, 0.2) is 176 Å². The van der Waals surface area contributed by atoms with E-state index in [4.69, 9.17) is 0 Å². The number of hydrogen-bond donors (Lipinski definition) is 0. The molecular formula is C44H35P. The molecule has 0 atom stereocenters. The predicted molar refractivity (Wildman–Crippen MR) is 200 cm³/mol. The van der Waals surface area contributed by atoms with Crippen molar-refractivity contribution in [3.63, 3.8) is 0 Å². The lowest BCUT2D eigenvalue weighted by Gasteiger charge is -2.19. The summed E-state index contributed by atoms with van der Waals surface area (Å²) in [7, 11) is -0.602. The van der Waals surface area contributed by atoms with Crippen LogP contribution in [0.5, 0.6) is 0 Å². The van der Waals surface area contributed by atoms with Gasteiger partial charge >= 0.3 is 0 Å². The summed E-state index contributed by atoms with van der Waals surface area (Å²) >= 11 is 0. The molecule has 8 aromatic carbocycles. The normalized spacial score (nSPS) is 11.1. The lowest BCUT2D eigenvalue weighted by molar-refractivity contribution is 1.50. The van der Waals surface area contributed by atoms with Gasteiger partial charge in [-0.2, -0.15) is 0 Å². The van der Waals surface area contributed by atoms with Gasteiger partial charge < -0.3 is 0 Å². The quantitative estimate of drug-likeness (QED) is 0.137. The zero-order valence-corrected chi connectivity index (χ0v) is 26.6. The summed E-state index contributed by atoms with van der Waals surface area (Å²) in [5.41, 5.74) is 4.95. The Bertz CT molecular complexity index is 2120. The molecule has 0 saturated carbocycles. The lowest BCUT2D eigenvalue weighted by atomic mass is 9.92. The van der Waals surface area contributed by atoms with E-state index >= 15 is 0 Å². The van der Waals surface area contributed by atoms with E-state index in [-0.39, 0.29) is 0 Å². The standard InChI is InChI=1S/C42H29P.C2H6/c1-3-11-34(12-4-1)43(35-13-5-2-6-14-35)36-26-23-31(24-27-36)30-19-21-32(22-20-30)33-25-28-41-39-17-8-7-15-37(39)38-16-9-10-18-40(38)42(41)29-33;1-2/h1-29H;1-2H3. The highest BCUT2D eigenvalue weighted by Crippen LogP contribution is 2.38. The molecule has 0 radical (unpaired) electrons. The molecule has 0 spiro atoms. The van der Waals surface area contributed by atoms with E-state index in [0.29, 0.717) is 0 Å². The fourth-order valence-electron chi connectivity index (χ4n) is 6.35. The minimum Gasteiger partial charge on any atom is -0.0683 e. The van der Waals surface area contributed by atoms with Crippen LogP contribution >= 0.6 is 7.92 Å². The highest BCUT2D eigenvalue weighted by molar-refractivity contribution is 7.79. The molecule has 216 valence electrons. The van der Waals surface area contributed by atoms with Crippen molar-refractivity contribution in [2.24, 2.45) is 0 Å². The van der Waals surface area contributed by atoms with Gasteiger partial charge in [0.05, 0.1) is 0 Å². The van der Waals surface area contributed by atoms with Crippen molar-refractivity contribution in [1.29, 1.82) is 0 Å². The molecule has 0 aliphatic rings. The summed E-state index contributed by atoms with van der Waals surface area (Å²) in [6.07, 6.45) is 0. The molecule has 1 heteroatoms.